The summed E-state index contributed by atoms with van der Waals surface area (Å²) < 4.78 is 18.9. The molecule has 3 rings (SSSR count). The molecule has 1 amide bonds. The molecule has 3 N–H and O–H groups in total. The third-order valence-electron chi connectivity index (χ3n) is 5.13. The molecule has 1 heterocycles. The largest absolute Gasteiger partial charge is 0.497 e. The number of anilines is 1. The van der Waals surface area contributed by atoms with Crippen LogP contribution >= 0.6 is 0 Å². The minimum atomic E-state index is -0.617. The SMILES string of the molecule is C=C/C(F)=C(C)\C(=C/N)C(=O)Nc1cnc(C2(c3ccc(OC)cc3)CC2)cn1. The van der Waals surface area contributed by atoms with Gasteiger partial charge in [0.2, 0.25) is 0 Å². The van der Waals surface area contributed by atoms with Crippen molar-refractivity contribution < 1.29 is 13.9 Å². The quantitative estimate of drug-likeness (QED) is 0.551. The summed E-state index contributed by atoms with van der Waals surface area (Å²) in [6.45, 7) is 4.81. The summed E-state index contributed by atoms with van der Waals surface area (Å²) in [4.78, 5) is 21.2. The molecular weight excluding hydrogens is 371 g/mol. The van der Waals surface area contributed by atoms with Crippen LogP contribution in [0.1, 0.15) is 31.0 Å². The Labute approximate surface area is 169 Å². The standard InChI is InChI=1S/C22H23FN4O2/c1-4-18(23)14(2)17(11-24)21(28)27-20-13-25-19(12-26-20)22(9-10-22)15-5-7-16(29-3)8-6-15/h4-8,11-13H,1,9-10,24H2,2-3H3,(H,26,27,28)/b17-11+,18-14+. The van der Waals surface area contributed by atoms with E-state index in [0.29, 0.717) is 0 Å². The van der Waals surface area contributed by atoms with Gasteiger partial charge in [0.25, 0.3) is 5.91 Å². The second-order valence-electron chi connectivity index (χ2n) is 6.81. The number of allylic oxidation sites excluding steroid dienone is 2. The summed E-state index contributed by atoms with van der Waals surface area (Å²) in [7, 11) is 1.63. The van der Waals surface area contributed by atoms with E-state index in [1.54, 1.807) is 13.3 Å². The normalized spacial score (nSPS) is 15.9. The van der Waals surface area contributed by atoms with Crippen molar-refractivity contribution in [2.24, 2.45) is 5.73 Å². The van der Waals surface area contributed by atoms with Gasteiger partial charge in [-0.3, -0.25) is 9.78 Å². The monoisotopic (exact) mass is 394 g/mol. The second kappa shape index (κ2) is 8.26. The van der Waals surface area contributed by atoms with Crippen molar-refractivity contribution in [3.63, 3.8) is 0 Å². The van der Waals surface area contributed by atoms with Crippen LogP contribution in [0.25, 0.3) is 0 Å². The molecule has 0 atom stereocenters. The van der Waals surface area contributed by atoms with Gasteiger partial charge in [0.05, 0.1) is 30.8 Å². The summed E-state index contributed by atoms with van der Waals surface area (Å²) in [5.41, 5.74) is 7.43. The predicted molar refractivity (Wildman–Crippen MR) is 110 cm³/mol. The van der Waals surface area contributed by atoms with E-state index in [2.05, 4.69) is 21.9 Å². The molecule has 0 radical (unpaired) electrons. The van der Waals surface area contributed by atoms with Crippen molar-refractivity contribution in [3.05, 3.63) is 83.7 Å². The summed E-state index contributed by atoms with van der Waals surface area (Å²) in [5.74, 6) is -0.126. The third kappa shape index (κ3) is 4.03. The molecule has 150 valence electrons. The Morgan fingerprint density at radius 3 is 2.45 bits per heavy atom. The van der Waals surface area contributed by atoms with Gasteiger partial charge in [0.15, 0.2) is 5.82 Å². The molecule has 29 heavy (non-hydrogen) atoms. The number of amides is 1. The van der Waals surface area contributed by atoms with E-state index in [-0.39, 0.29) is 22.4 Å². The lowest BCUT2D eigenvalue weighted by molar-refractivity contribution is -0.112. The number of nitrogens with zero attached hydrogens (tertiary/aromatic N) is 2. The Kier molecular flexibility index (Phi) is 5.77. The van der Waals surface area contributed by atoms with E-state index < -0.39 is 11.7 Å². The van der Waals surface area contributed by atoms with Crippen molar-refractivity contribution >= 4 is 11.7 Å². The first-order valence-corrected chi connectivity index (χ1v) is 9.14. The number of rotatable bonds is 7. The highest BCUT2D eigenvalue weighted by Gasteiger charge is 2.47. The van der Waals surface area contributed by atoms with Gasteiger partial charge in [0.1, 0.15) is 11.6 Å². The lowest BCUT2D eigenvalue weighted by atomic mass is 9.92. The fraction of sp³-hybridized carbons (Fsp3) is 0.227. The zero-order chi connectivity index (χ0) is 21.0. The number of benzene rings is 1. The molecule has 1 aliphatic carbocycles. The van der Waals surface area contributed by atoms with Crippen LogP contribution in [0, 0.1) is 0 Å². The van der Waals surface area contributed by atoms with Crippen molar-refractivity contribution in [2.75, 3.05) is 12.4 Å². The first-order chi connectivity index (χ1) is 13.9. The minimum Gasteiger partial charge on any atom is -0.497 e. The van der Waals surface area contributed by atoms with Gasteiger partial charge in [-0.05, 0) is 49.1 Å². The van der Waals surface area contributed by atoms with Crippen molar-refractivity contribution in [3.8, 4) is 5.75 Å². The number of halogens is 1. The molecule has 1 aromatic carbocycles. The molecule has 0 bridgehead atoms. The highest BCUT2D eigenvalue weighted by Crippen LogP contribution is 2.52. The molecule has 1 aromatic heterocycles. The first-order valence-electron chi connectivity index (χ1n) is 9.14. The summed E-state index contributed by atoms with van der Waals surface area (Å²) in [6, 6.07) is 7.92. The molecule has 1 fully saturated rings. The number of hydrogen-bond acceptors (Lipinski definition) is 5. The van der Waals surface area contributed by atoms with Crippen LogP contribution in [0.2, 0.25) is 0 Å². The maximum absolute atomic E-state index is 13.7. The molecule has 1 aliphatic rings. The van der Waals surface area contributed by atoms with Gasteiger partial charge in [-0.2, -0.15) is 0 Å². The molecule has 1 saturated carbocycles. The summed E-state index contributed by atoms with van der Waals surface area (Å²) in [6.07, 6.45) is 7.18. The Hall–Kier alpha value is -3.48. The van der Waals surface area contributed by atoms with Crippen LogP contribution in [0.5, 0.6) is 5.75 Å². The zero-order valence-corrected chi connectivity index (χ0v) is 16.4. The molecule has 6 nitrogen and oxygen atoms in total. The highest BCUT2D eigenvalue weighted by molar-refractivity contribution is 6.06. The number of nitrogens with two attached hydrogens (primary N) is 1. The second-order valence-corrected chi connectivity index (χ2v) is 6.81. The van der Waals surface area contributed by atoms with Crippen LogP contribution in [-0.2, 0) is 10.2 Å². The third-order valence-corrected chi connectivity index (χ3v) is 5.13. The van der Waals surface area contributed by atoms with Crippen molar-refractivity contribution in [1.82, 2.24) is 9.97 Å². The Morgan fingerprint density at radius 2 is 1.97 bits per heavy atom. The summed E-state index contributed by atoms with van der Waals surface area (Å²) in [5, 5.41) is 2.59. The Morgan fingerprint density at radius 1 is 1.28 bits per heavy atom. The Balaban J connectivity index is 1.76. The minimum absolute atomic E-state index is 0.00479. The molecule has 0 saturated heterocycles. The van der Waals surface area contributed by atoms with E-state index in [4.69, 9.17) is 10.5 Å². The first kappa shape index (κ1) is 20.3. The topological polar surface area (TPSA) is 90.1 Å². The number of methoxy groups -OCH3 is 1. The van der Waals surface area contributed by atoms with Gasteiger partial charge >= 0.3 is 0 Å². The van der Waals surface area contributed by atoms with Crippen LogP contribution in [0.4, 0.5) is 10.2 Å². The van der Waals surface area contributed by atoms with E-state index in [1.165, 1.54) is 13.1 Å². The van der Waals surface area contributed by atoms with Gasteiger partial charge in [-0.15, -0.1) is 0 Å². The molecule has 0 aliphatic heterocycles. The fourth-order valence-corrected chi connectivity index (χ4v) is 3.20. The van der Waals surface area contributed by atoms with Crippen LogP contribution in [-0.4, -0.2) is 23.0 Å². The van der Waals surface area contributed by atoms with E-state index in [1.807, 2.05) is 24.3 Å². The van der Waals surface area contributed by atoms with E-state index in [0.717, 1.165) is 42.1 Å². The maximum Gasteiger partial charge on any atom is 0.258 e. The fourth-order valence-electron chi connectivity index (χ4n) is 3.20. The van der Waals surface area contributed by atoms with Gasteiger partial charge in [0, 0.05) is 11.6 Å². The Bertz CT molecular complexity index is 975. The average Bonchev–Trinajstić information content (AvgIpc) is 3.56. The van der Waals surface area contributed by atoms with E-state index >= 15 is 0 Å². The highest BCUT2D eigenvalue weighted by atomic mass is 19.1. The lowest BCUT2D eigenvalue weighted by Gasteiger charge is -2.16. The molecule has 0 unspecified atom stereocenters. The van der Waals surface area contributed by atoms with Gasteiger partial charge < -0.3 is 15.8 Å². The smallest absolute Gasteiger partial charge is 0.258 e. The number of carbonyl (C=O) groups excluding carboxylic acids is 1. The molecule has 7 heteroatoms. The molecular formula is C22H23FN4O2. The lowest BCUT2D eigenvalue weighted by Crippen LogP contribution is -2.18. The number of carbonyl (C=O) groups is 1. The number of hydrogen-bond donors (Lipinski definition) is 2. The number of nitrogens with one attached hydrogen (secondary N) is 1. The van der Waals surface area contributed by atoms with E-state index in [9.17, 15) is 9.18 Å². The van der Waals surface area contributed by atoms with Gasteiger partial charge in [-0.1, -0.05) is 18.7 Å². The predicted octanol–water partition coefficient (Wildman–Crippen LogP) is 3.78. The average molecular weight is 394 g/mol. The number of ether oxygens (including phenoxy) is 1. The zero-order valence-electron chi connectivity index (χ0n) is 16.4. The van der Waals surface area contributed by atoms with Gasteiger partial charge in [-0.25, -0.2) is 9.37 Å². The van der Waals surface area contributed by atoms with Crippen LogP contribution in [0.3, 0.4) is 0 Å². The summed E-state index contributed by atoms with van der Waals surface area (Å²) >= 11 is 0. The van der Waals surface area contributed by atoms with Crippen molar-refractivity contribution in [2.45, 2.75) is 25.2 Å². The molecule has 2 aromatic rings. The van der Waals surface area contributed by atoms with Crippen LogP contribution < -0.4 is 15.8 Å². The maximum atomic E-state index is 13.7. The number of aromatic nitrogens is 2. The molecule has 0 spiro atoms. The van der Waals surface area contributed by atoms with Crippen LogP contribution in [0.15, 0.2) is 72.5 Å². The van der Waals surface area contributed by atoms with Crippen molar-refractivity contribution in [1.29, 1.82) is 0 Å².